The summed E-state index contributed by atoms with van der Waals surface area (Å²) < 4.78 is 6.17. The van der Waals surface area contributed by atoms with Gasteiger partial charge in [-0.1, -0.05) is 67.6 Å². The van der Waals surface area contributed by atoms with Crippen molar-refractivity contribution in [3.05, 3.63) is 59.7 Å². The molecular weight excluding hydrogens is 332 g/mol. The third-order valence-electron chi connectivity index (χ3n) is 4.04. The Hall–Kier alpha value is -2.24. The first-order valence-electron chi connectivity index (χ1n) is 8.33. The van der Waals surface area contributed by atoms with Crippen LogP contribution in [0.2, 0.25) is 0 Å². The summed E-state index contributed by atoms with van der Waals surface area (Å²) in [6, 6.07) is 16.2. The van der Waals surface area contributed by atoms with Crippen molar-refractivity contribution >= 4 is 32.6 Å². The molecule has 2 aromatic carbocycles. The number of nitrogens with zero attached hydrogens (tertiary/aromatic N) is 2. The number of amides is 1. The Morgan fingerprint density at radius 2 is 1.92 bits per heavy atom. The second kappa shape index (κ2) is 7.76. The minimum atomic E-state index is -0.0866. The second-order valence-corrected chi connectivity index (χ2v) is 7.25. The zero-order valence-electron chi connectivity index (χ0n) is 14.7. The van der Waals surface area contributed by atoms with E-state index in [9.17, 15) is 4.79 Å². The van der Waals surface area contributed by atoms with Crippen LogP contribution < -0.4 is 4.90 Å². The average Bonchev–Trinajstić information content (AvgIpc) is 3.04. The summed E-state index contributed by atoms with van der Waals surface area (Å²) in [5.41, 5.74) is 3.26. The molecule has 0 saturated carbocycles. The maximum absolute atomic E-state index is 12.6. The maximum atomic E-state index is 12.6. The van der Waals surface area contributed by atoms with Gasteiger partial charge < -0.3 is 4.74 Å². The van der Waals surface area contributed by atoms with Crippen molar-refractivity contribution in [2.45, 2.75) is 26.3 Å². The number of carbonyl (C=O) groups excluding carboxylic acids is 1. The lowest BCUT2D eigenvalue weighted by Crippen LogP contribution is -2.33. The van der Waals surface area contributed by atoms with Crippen molar-refractivity contribution in [1.82, 2.24) is 4.98 Å². The molecule has 25 heavy (non-hydrogen) atoms. The molecule has 0 radical (unpaired) electrons. The van der Waals surface area contributed by atoms with E-state index in [1.165, 1.54) is 12.7 Å². The van der Waals surface area contributed by atoms with Crippen molar-refractivity contribution in [3.8, 4) is 0 Å². The summed E-state index contributed by atoms with van der Waals surface area (Å²) in [5, 5.41) is 0.717. The summed E-state index contributed by atoms with van der Waals surface area (Å²) in [5.74, 6) is 0.299. The van der Waals surface area contributed by atoms with Crippen molar-refractivity contribution in [1.29, 1.82) is 0 Å². The molecular formula is C20H22N2O2S. The van der Waals surface area contributed by atoms with Crippen molar-refractivity contribution in [2.24, 2.45) is 0 Å². The molecule has 1 heterocycles. The largest absolute Gasteiger partial charge is 0.375 e. The molecule has 3 aromatic rings. The van der Waals surface area contributed by atoms with Crippen LogP contribution in [0.15, 0.2) is 48.5 Å². The molecule has 0 unspecified atom stereocenters. The van der Waals surface area contributed by atoms with E-state index < -0.39 is 0 Å². The molecule has 0 atom stereocenters. The van der Waals surface area contributed by atoms with Crippen LogP contribution in [0, 0.1) is 0 Å². The van der Waals surface area contributed by atoms with Crippen LogP contribution in [0.4, 0.5) is 5.13 Å². The lowest BCUT2D eigenvalue weighted by Gasteiger charge is -2.19. The van der Waals surface area contributed by atoms with E-state index in [4.69, 9.17) is 9.72 Å². The molecule has 3 rings (SSSR count). The predicted octanol–water partition coefficient (Wildman–Crippen LogP) is 4.60. The maximum Gasteiger partial charge on any atom is 0.255 e. The van der Waals surface area contributed by atoms with Gasteiger partial charge in [-0.25, -0.2) is 4.98 Å². The Bertz CT molecular complexity index is 859. The SMILES string of the molecule is COCC(=O)N(Cc1ccccc1)c1nc2c(C(C)C)cccc2s1. The Morgan fingerprint density at radius 1 is 1.16 bits per heavy atom. The molecule has 0 aliphatic heterocycles. The smallest absolute Gasteiger partial charge is 0.255 e. The number of para-hydroxylation sites is 1. The highest BCUT2D eigenvalue weighted by Crippen LogP contribution is 2.34. The number of anilines is 1. The van der Waals surface area contributed by atoms with E-state index in [-0.39, 0.29) is 12.5 Å². The molecule has 4 nitrogen and oxygen atoms in total. The molecule has 0 fully saturated rings. The van der Waals surface area contributed by atoms with Gasteiger partial charge in [-0.3, -0.25) is 9.69 Å². The fraction of sp³-hybridized carbons (Fsp3) is 0.300. The molecule has 130 valence electrons. The quantitative estimate of drug-likeness (QED) is 0.650. The first-order chi connectivity index (χ1) is 12.1. The van der Waals surface area contributed by atoms with E-state index in [0.29, 0.717) is 17.6 Å². The van der Waals surface area contributed by atoms with E-state index >= 15 is 0 Å². The van der Waals surface area contributed by atoms with Gasteiger partial charge in [0.2, 0.25) is 0 Å². The topological polar surface area (TPSA) is 42.4 Å². The highest BCUT2D eigenvalue weighted by atomic mass is 32.1. The molecule has 1 aromatic heterocycles. The molecule has 0 spiro atoms. The number of aromatic nitrogens is 1. The second-order valence-electron chi connectivity index (χ2n) is 6.24. The van der Waals surface area contributed by atoms with Gasteiger partial charge in [-0.15, -0.1) is 0 Å². The number of ether oxygens (including phenoxy) is 1. The lowest BCUT2D eigenvalue weighted by atomic mass is 10.0. The zero-order valence-corrected chi connectivity index (χ0v) is 15.5. The number of benzene rings is 2. The number of thiazole rings is 1. The Morgan fingerprint density at radius 3 is 2.60 bits per heavy atom. The van der Waals surface area contributed by atoms with Gasteiger partial charge in [0, 0.05) is 7.11 Å². The summed E-state index contributed by atoms with van der Waals surface area (Å²) in [6.45, 7) is 4.84. The van der Waals surface area contributed by atoms with Gasteiger partial charge >= 0.3 is 0 Å². The van der Waals surface area contributed by atoms with Crippen molar-refractivity contribution < 1.29 is 9.53 Å². The van der Waals surface area contributed by atoms with Gasteiger partial charge in [0.1, 0.15) is 6.61 Å². The van der Waals surface area contributed by atoms with Crippen LogP contribution in [0.5, 0.6) is 0 Å². The minimum absolute atomic E-state index is 0.0415. The molecule has 5 heteroatoms. The number of fused-ring (bicyclic) bond motifs is 1. The van der Waals surface area contributed by atoms with Crippen LogP contribution >= 0.6 is 11.3 Å². The number of hydrogen-bond donors (Lipinski definition) is 0. The molecule has 0 N–H and O–H groups in total. The fourth-order valence-electron chi connectivity index (χ4n) is 2.77. The van der Waals surface area contributed by atoms with Gasteiger partial charge in [0.05, 0.1) is 16.8 Å². The van der Waals surface area contributed by atoms with Crippen LogP contribution in [-0.4, -0.2) is 24.6 Å². The third kappa shape index (κ3) is 3.89. The Balaban J connectivity index is 2.02. The van der Waals surface area contributed by atoms with E-state index in [2.05, 4.69) is 32.0 Å². The average molecular weight is 354 g/mol. The molecule has 0 aliphatic carbocycles. The number of methoxy groups -OCH3 is 1. The Kier molecular flexibility index (Phi) is 5.46. The van der Waals surface area contributed by atoms with Gasteiger partial charge in [-0.05, 0) is 23.1 Å². The lowest BCUT2D eigenvalue weighted by molar-refractivity contribution is -0.122. The molecule has 1 amide bonds. The van der Waals surface area contributed by atoms with Gasteiger partial charge in [0.25, 0.3) is 5.91 Å². The zero-order chi connectivity index (χ0) is 17.8. The summed E-state index contributed by atoms with van der Waals surface area (Å²) in [4.78, 5) is 19.1. The number of carbonyl (C=O) groups is 1. The van der Waals surface area contributed by atoms with Crippen molar-refractivity contribution in [2.75, 3.05) is 18.6 Å². The third-order valence-corrected chi connectivity index (χ3v) is 5.09. The van der Waals surface area contributed by atoms with Crippen LogP contribution in [0.25, 0.3) is 10.2 Å². The molecule has 0 bridgehead atoms. The van der Waals surface area contributed by atoms with Gasteiger partial charge in [-0.2, -0.15) is 0 Å². The van der Waals surface area contributed by atoms with Crippen LogP contribution in [0.3, 0.4) is 0 Å². The van der Waals surface area contributed by atoms with E-state index in [0.717, 1.165) is 15.8 Å². The monoisotopic (exact) mass is 354 g/mol. The van der Waals surface area contributed by atoms with E-state index in [1.807, 2.05) is 30.3 Å². The molecule has 0 saturated heterocycles. The first-order valence-corrected chi connectivity index (χ1v) is 9.14. The fourth-order valence-corrected chi connectivity index (χ4v) is 3.79. The predicted molar refractivity (Wildman–Crippen MR) is 103 cm³/mol. The number of rotatable bonds is 6. The summed E-state index contributed by atoms with van der Waals surface area (Å²) >= 11 is 1.55. The normalized spacial score (nSPS) is 11.2. The highest BCUT2D eigenvalue weighted by Gasteiger charge is 2.21. The molecule has 0 aliphatic rings. The summed E-state index contributed by atoms with van der Waals surface area (Å²) in [7, 11) is 1.54. The highest BCUT2D eigenvalue weighted by molar-refractivity contribution is 7.22. The van der Waals surface area contributed by atoms with Crippen molar-refractivity contribution in [3.63, 3.8) is 0 Å². The van der Waals surface area contributed by atoms with Gasteiger partial charge in [0.15, 0.2) is 5.13 Å². The standard InChI is InChI=1S/C20H22N2O2S/c1-14(2)16-10-7-11-17-19(16)21-20(25-17)22(18(23)13-24-3)12-15-8-5-4-6-9-15/h4-11,14H,12-13H2,1-3H3. The van der Waals surface area contributed by atoms with E-state index in [1.54, 1.807) is 16.2 Å². The summed E-state index contributed by atoms with van der Waals surface area (Å²) in [6.07, 6.45) is 0. The number of hydrogen-bond acceptors (Lipinski definition) is 4. The Labute approximate surface area is 152 Å². The van der Waals surface area contributed by atoms with Crippen LogP contribution in [-0.2, 0) is 16.1 Å². The minimum Gasteiger partial charge on any atom is -0.375 e. The van der Waals surface area contributed by atoms with Crippen LogP contribution in [0.1, 0.15) is 30.9 Å². The first kappa shape index (κ1) is 17.6.